The van der Waals surface area contributed by atoms with Gasteiger partial charge >= 0.3 is 0 Å². The van der Waals surface area contributed by atoms with Gasteiger partial charge in [0.15, 0.2) is 0 Å². The highest BCUT2D eigenvalue weighted by molar-refractivity contribution is 9.10. The van der Waals surface area contributed by atoms with Crippen molar-refractivity contribution in [3.8, 4) is 0 Å². The molecule has 19 heavy (non-hydrogen) atoms. The summed E-state index contributed by atoms with van der Waals surface area (Å²) in [7, 11) is 3.98. The first-order valence-electron chi connectivity index (χ1n) is 6.40. The number of nitrogens with zero attached hydrogens (tertiary/aromatic N) is 1. The topological polar surface area (TPSA) is 44.4 Å². The van der Waals surface area contributed by atoms with Crippen molar-refractivity contribution >= 4 is 27.5 Å². The van der Waals surface area contributed by atoms with E-state index in [-0.39, 0.29) is 5.91 Å². The summed E-state index contributed by atoms with van der Waals surface area (Å²) in [4.78, 5) is 13.6. The van der Waals surface area contributed by atoms with Crippen molar-refractivity contribution in [2.75, 3.05) is 39.0 Å². The zero-order chi connectivity index (χ0) is 14.3. The summed E-state index contributed by atoms with van der Waals surface area (Å²) in [5.74, 6) is 0.0863. The molecule has 0 aliphatic heterocycles. The van der Waals surface area contributed by atoms with Crippen molar-refractivity contribution in [2.24, 2.45) is 0 Å². The average molecular weight is 328 g/mol. The number of halogens is 1. The smallest absolute Gasteiger partial charge is 0.221 e. The van der Waals surface area contributed by atoms with E-state index in [9.17, 15) is 4.79 Å². The maximum absolute atomic E-state index is 11.6. The summed E-state index contributed by atoms with van der Waals surface area (Å²) in [6, 6.07) is 6.07. The Morgan fingerprint density at radius 3 is 2.68 bits per heavy atom. The highest BCUT2D eigenvalue weighted by atomic mass is 79.9. The Labute approximate surface area is 123 Å². The van der Waals surface area contributed by atoms with Gasteiger partial charge in [0.1, 0.15) is 0 Å². The van der Waals surface area contributed by atoms with Gasteiger partial charge in [-0.1, -0.05) is 15.9 Å². The van der Waals surface area contributed by atoms with E-state index in [1.807, 2.05) is 38.1 Å². The van der Waals surface area contributed by atoms with Crippen LogP contribution in [0.25, 0.3) is 0 Å². The number of benzene rings is 1. The van der Waals surface area contributed by atoms with Crippen LogP contribution in [0, 0.1) is 6.92 Å². The number of rotatable bonds is 7. The molecule has 0 fully saturated rings. The minimum absolute atomic E-state index is 0.0863. The van der Waals surface area contributed by atoms with Crippen molar-refractivity contribution in [2.45, 2.75) is 13.3 Å². The van der Waals surface area contributed by atoms with Crippen LogP contribution in [-0.4, -0.2) is 44.5 Å². The number of carbonyl (C=O) groups excluding carboxylic acids is 1. The third kappa shape index (κ3) is 6.59. The zero-order valence-electron chi connectivity index (χ0n) is 11.8. The van der Waals surface area contributed by atoms with Crippen LogP contribution < -0.4 is 10.6 Å². The van der Waals surface area contributed by atoms with Crippen LogP contribution in [0.15, 0.2) is 22.7 Å². The first-order chi connectivity index (χ1) is 8.99. The van der Waals surface area contributed by atoms with E-state index < -0.39 is 0 Å². The van der Waals surface area contributed by atoms with Gasteiger partial charge in [-0.2, -0.15) is 0 Å². The molecule has 4 nitrogen and oxygen atoms in total. The van der Waals surface area contributed by atoms with Crippen molar-refractivity contribution < 1.29 is 4.79 Å². The molecule has 106 valence electrons. The molecule has 1 rings (SSSR count). The second kappa shape index (κ2) is 8.17. The van der Waals surface area contributed by atoms with Gasteiger partial charge in [-0.15, -0.1) is 0 Å². The maximum Gasteiger partial charge on any atom is 0.221 e. The van der Waals surface area contributed by atoms with Gasteiger partial charge in [-0.05, 0) is 44.8 Å². The van der Waals surface area contributed by atoms with Crippen molar-refractivity contribution in [3.63, 3.8) is 0 Å². The Morgan fingerprint density at radius 2 is 2.05 bits per heavy atom. The molecule has 1 amide bonds. The molecule has 0 spiro atoms. The van der Waals surface area contributed by atoms with Crippen LogP contribution in [-0.2, 0) is 4.79 Å². The van der Waals surface area contributed by atoms with Gasteiger partial charge in [0, 0.05) is 36.2 Å². The minimum atomic E-state index is 0.0863. The van der Waals surface area contributed by atoms with Crippen molar-refractivity contribution in [1.82, 2.24) is 10.2 Å². The molecule has 0 saturated heterocycles. The molecule has 0 heterocycles. The van der Waals surface area contributed by atoms with E-state index in [0.717, 1.165) is 16.7 Å². The highest BCUT2D eigenvalue weighted by Gasteiger charge is 2.01. The lowest BCUT2D eigenvalue weighted by Gasteiger charge is -2.11. The molecule has 1 aromatic rings. The molecule has 0 aliphatic rings. The van der Waals surface area contributed by atoms with E-state index >= 15 is 0 Å². The van der Waals surface area contributed by atoms with Crippen LogP contribution in [0.5, 0.6) is 0 Å². The van der Waals surface area contributed by atoms with E-state index in [2.05, 4.69) is 32.6 Å². The SMILES string of the molecule is Cc1cc(NCCC(=O)NCCN(C)C)ccc1Br. The summed E-state index contributed by atoms with van der Waals surface area (Å²) in [5.41, 5.74) is 2.22. The molecule has 0 atom stereocenters. The van der Waals surface area contributed by atoms with Crippen LogP contribution >= 0.6 is 15.9 Å². The molecule has 5 heteroatoms. The molecular weight excluding hydrogens is 306 g/mol. The second-order valence-electron chi connectivity index (χ2n) is 4.79. The van der Waals surface area contributed by atoms with Gasteiger partial charge in [0.2, 0.25) is 5.91 Å². The van der Waals surface area contributed by atoms with Gasteiger partial charge in [0.25, 0.3) is 0 Å². The van der Waals surface area contributed by atoms with Crippen LogP contribution in [0.4, 0.5) is 5.69 Å². The molecular formula is C14H22BrN3O. The maximum atomic E-state index is 11.6. The number of carbonyl (C=O) groups is 1. The number of hydrogen-bond acceptors (Lipinski definition) is 3. The average Bonchev–Trinajstić information content (AvgIpc) is 2.33. The number of amides is 1. The molecule has 0 aliphatic carbocycles. The zero-order valence-corrected chi connectivity index (χ0v) is 13.4. The molecule has 0 aromatic heterocycles. The minimum Gasteiger partial charge on any atom is -0.385 e. The molecule has 0 unspecified atom stereocenters. The van der Waals surface area contributed by atoms with Gasteiger partial charge in [0.05, 0.1) is 0 Å². The van der Waals surface area contributed by atoms with E-state index in [1.54, 1.807) is 0 Å². The summed E-state index contributed by atoms with van der Waals surface area (Å²) < 4.78 is 1.10. The van der Waals surface area contributed by atoms with Gasteiger partial charge in [-0.25, -0.2) is 0 Å². The van der Waals surface area contributed by atoms with E-state index in [4.69, 9.17) is 0 Å². The summed E-state index contributed by atoms with van der Waals surface area (Å²) >= 11 is 3.46. The third-order valence-electron chi connectivity index (χ3n) is 2.72. The Balaban J connectivity index is 2.22. The first-order valence-corrected chi connectivity index (χ1v) is 7.20. The number of anilines is 1. The molecule has 1 aromatic carbocycles. The normalized spacial score (nSPS) is 10.6. The molecule has 0 radical (unpaired) electrons. The highest BCUT2D eigenvalue weighted by Crippen LogP contribution is 2.19. The largest absolute Gasteiger partial charge is 0.385 e. The summed E-state index contributed by atoms with van der Waals surface area (Å²) in [6.07, 6.45) is 0.489. The fourth-order valence-electron chi connectivity index (χ4n) is 1.58. The number of nitrogens with one attached hydrogen (secondary N) is 2. The lowest BCUT2D eigenvalue weighted by atomic mass is 10.2. The lowest BCUT2D eigenvalue weighted by Crippen LogP contribution is -2.32. The van der Waals surface area contributed by atoms with Gasteiger partial charge in [-0.3, -0.25) is 4.79 Å². The Kier molecular flexibility index (Phi) is 6.87. The Morgan fingerprint density at radius 1 is 1.32 bits per heavy atom. The molecule has 0 saturated carbocycles. The standard InChI is InChI=1S/C14H22BrN3O/c1-11-10-12(4-5-13(11)15)16-7-6-14(19)17-8-9-18(2)3/h4-5,10,16H,6-9H2,1-3H3,(H,17,19). The second-order valence-corrected chi connectivity index (χ2v) is 5.65. The first kappa shape index (κ1) is 16.0. The van der Waals surface area contributed by atoms with Gasteiger partial charge < -0.3 is 15.5 Å². The van der Waals surface area contributed by atoms with Crippen LogP contribution in [0.3, 0.4) is 0 Å². The molecule has 0 bridgehead atoms. The van der Waals surface area contributed by atoms with Crippen LogP contribution in [0.1, 0.15) is 12.0 Å². The lowest BCUT2D eigenvalue weighted by molar-refractivity contribution is -0.120. The summed E-state index contributed by atoms with van der Waals surface area (Å²) in [6.45, 7) is 4.26. The summed E-state index contributed by atoms with van der Waals surface area (Å²) in [5, 5.41) is 6.14. The molecule has 2 N–H and O–H groups in total. The Hall–Kier alpha value is -1.07. The quantitative estimate of drug-likeness (QED) is 0.807. The number of aryl methyl sites for hydroxylation is 1. The van der Waals surface area contributed by atoms with Crippen molar-refractivity contribution in [1.29, 1.82) is 0 Å². The fourth-order valence-corrected chi connectivity index (χ4v) is 1.83. The fraction of sp³-hybridized carbons (Fsp3) is 0.500. The van der Waals surface area contributed by atoms with E-state index in [0.29, 0.717) is 19.5 Å². The monoisotopic (exact) mass is 327 g/mol. The Bertz CT molecular complexity index is 421. The predicted molar refractivity (Wildman–Crippen MR) is 83.5 cm³/mol. The van der Waals surface area contributed by atoms with Crippen LogP contribution in [0.2, 0.25) is 0 Å². The van der Waals surface area contributed by atoms with Crippen molar-refractivity contribution in [3.05, 3.63) is 28.2 Å². The van der Waals surface area contributed by atoms with E-state index in [1.165, 1.54) is 5.56 Å². The predicted octanol–water partition coefficient (Wildman–Crippen LogP) is 2.24. The number of hydrogen-bond donors (Lipinski definition) is 2. The third-order valence-corrected chi connectivity index (χ3v) is 3.61. The number of likely N-dealkylation sites (N-methyl/N-ethyl adjacent to an activating group) is 1.